The molecule has 0 atom stereocenters. The lowest BCUT2D eigenvalue weighted by molar-refractivity contribution is 0.124. The van der Waals surface area contributed by atoms with E-state index in [4.69, 9.17) is 0 Å². The van der Waals surface area contributed by atoms with Crippen molar-refractivity contribution < 1.29 is 0 Å². The fourth-order valence-electron chi connectivity index (χ4n) is 3.05. The van der Waals surface area contributed by atoms with Gasteiger partial charge in [-0.15, -0.1) is 11.8 Å². The molecule has 23 heavy (non-hydrogen) atoms. The van der Waals surface area contributed by atoms with Gasteiger partial charge in [-0.05, 0) is 30.9 Å². The summed E-state index contributed by atoms with van der Waals surface area (Å²) in [4.78, 5) is 10.8. The lowest BCUT2D eigenvalue weighted by Gasteiger charge is -2.34. The van der Waals surface area contributed by atoms with E-state index in [1.807, 2.05) is 6.20 Å². The molecule has 2 heterocycles. The van der Waals surface area contributed by atoms with E-state index in [0.29, 0.717) is 0 Å². The van der Waals surface area contributed by atoms with E-state index in [2.05, 4.69) is 63.0 Å². The minimum atomic E-state index is 1.04. The van der Waals surface area contributed by atoms with Gasteiger partial charge in [0.1, 0.15) is 5.82 Å². The van der Waals surface area contributed by atoms with Crippen LogP contribution in [0.1, 0.15) is 11.4 Å². The summed E-state index contributed by atoms with van der Waals surface area (Å²) in [6.07, 6.45) is 6.08. The molecule has 124 valence electrons. The molecule has 1 aromatic heterocycles. The lowest BCUT2D eigenvalue weighted by Crippen LogP contribution is -2.46. The van der Waals surface area contributed by atoms with Crippen LogP contribution in [0.4, 0.5) is 0 Å². The maximum atomic E-state index is 4.29. The Morgan fingerprint density at radius 2 is 1.70 bits per heavy atom. The van der Waals surface area contributed by atoms with Crippen LogP contribution in [0.3, 0.4) is 0 Å². The van der Waals surface area contributed by atoms with E-state index in [9.17, 15) is 0 Å². The molecule has 0 amide bonds. The van der Waals surface area contributed by atoms with Crippen LogP contribution in [0.15, 0.2) is 41.6 Å². The van der Waals surface area contributed by atoms with Crippen molar-refractivity contribution in [2.45, 2.75) is 24.9 Å². The smallest absolute Gasteiger partial charge is 0.105 e. The molecule has 1 aromatic carbocycles. The molecule has 2 aromatic rings. The first kappa shape index (κ1) is 16.6. The van der Waals surface area contributed by atoms with Crippen molar-refractivity contribution >= 4 is 11.8 Å². The molecule has 0 aliphatic carbocycles. The van der Waals surface area contributed by atoms with Crippen LogP contribution in [0.5, 0.6) is 0 Å². The summed E-state index contributed by atoms with van der Waals surface area (Å²) in [5.74, 6) is 1.11. The number of aromatic nitrogens is 2. The van der Waals surface area contributed by atoms with Crippen molar-refractivity contribution in [1.29, 1.82) is 0 Å². The third-order valence-electron chi connectivity index (χ3n) is 4.61. The summed E-state index contributed by atoms with van der Waals surface area (Å²) >= 11 is 1.80. The number of imidazole rings is 1. The topological polar surface area (TPSA) is 24.3 Å². The van der Waals surface area contributed by atoms with Crippen molar-refractivity contribution in [3.8, 4) is 0 Å². The molecule has 1 aliphatic rings. The number of rotatable bonds is 6. The molecule has 1 saturated heterocycles. The lowest BCUT2D eigenvalue weighted by atomic mass is 10.2. The highest BCUT2D eigenvalue weighted by molar-refractivity contribution is 7.98. The average Bonchev–Trinajstić information content (AvgIpc) is 3.00. The zero-order chi connectivity index (χ0) is 16.1. The number of benzene rings is 1. The van der Waals surface area contributed by atoms with Crippen molar-refractivity contribution in [2.75, 3.05) is 39.0 Å². The zero-order valence-electron chi connectivity index (χ0n) is 14.1. The summed E-state index contributed by atoms with van der Waals surface area (Å²) in [5.41, 5.74) is 1.42. The molecule has 0 N–H and O–H groups in total. The summed E-state index contributed by atoms with van der Waals surface area (Å²) in [6, 6.07) is 8.98. The van der Waals surface area contributed by atoms with Crippen LogP contribution in [0.25, 0.3) is 0 Å². The van der Waals surface area contributed by atoms with Crippen molar-refractivity contribution in [2.24, 2.45) is 0 Å². The maximum absolute atomic E-state index is 4.29. The fourth-order valence-corrected chi connectivity index (χ4v) is 3.46. The second-order valence-electron chi connectivity index (χ2n) is 6.13. The maximum Gasteiger partial charge on any atom is 0.105 e. The number of nitrogens with zero attached hydrogens (tertiary/aromatic N) is 4. The third-order valence-corrected chi connectivity index (χ3v) is 5.35. The van der Waals surface area contributed by atoms with E-state index in [1.165, 1.54) is 10.5 Å². The third kappa shape index (κ3) is 4.59. The second kappa shape index (κ2) is 7.99. The molecule has 5 heteroatoms. The van der Waals surface area contributed by atoms with Crippen molar-refractivity contribution in [1.82, 2.24) is 19.4 Å². The highest BCUT2D eigenvalue weighted by Crippen LogP contribution is 2.16. The Bertz CT molecular complexity index is 600. The predicted octanol–water partition coefficient (Wildman–Crippen LogP) is 2.73. The standard InChI is InChI=1S/C18H26N4S/c1-16-19-7-8-22(16)14-13-20-9-11-21(12-10-20)15-17-3-5-18(23-2)6-4-17/h3-8H,9-15H2,1-2H3. The second-order valence-corrected chi connectivity index (χ2v) is 7.01. The Morgan fingerprint density at radius 1 is 1.00 bits per heavy atom. The van der Waals surface area contributed by atoms with Crippen molar-refractivity contribution in [3.05, 3.63) is 48.0 Å². The fraction of sp³-hybridized carbons (Fsp3) is 0.500. The van der Waals surface area contributed by atoms with Gasteiger partial charge in [-0.3, -0.25) is 9.80 Å². The minimum Gasteiger partial charge on any atom is -0.334 e. The number of thioether (sulfide) groups is 1. The minimum absolute atomic E-state index is 1.04. The molecule has 3 rings (SSSR count). The molecule has 0 saturated carbocycles. The van der Waals surface area contributed by atoms with Gasteiger partial charge in [0.15, 0.2) is 0 Å². The SMILES string of the molecule is CSc1ccc(CN2CCN(CCn3ccnc3C)CC2)cc1. The van der Waals surface area contributed by atoms with Gasteiger partial charge in [0.25, 0.3) is 0 Å². The molecule has 1 fully saturated rings. The highest BCUT2D eigenvalue weighted by Gasteiger charge is 2.16. The number of piperazine rings is 1. The van der Waals surface area contributed by atoms with E-state index in [0.717, 1.165) is 51.6 Å². The van der Waals surface area contributed by atoms with Crippen LogP contribution < -0.4 is 0 Å². The Balaban J connectivity index is 1.42. The van der Waals surface area contributed by atoms with E-state index >= 15 is 0 Å². The first-order valence-electron chi connectivity index (χ1n) is 8.30. The number of hydrogen-bond acceptors (Lipinski definition) is 4. The van der Waals surface area contributed by atoms with Gasteiger partial charge in [0.05, 0.1) is 0 Å². The van der Waals surface area contributed by atoms with Gasteiger partial charge in [0, 0.05) is 63.1 Å². The van der Waals surface area contributed by atoms with Gasteiger partial charge in [-0.2, -0.15) is 0 Å². The first-order chi connectivity index (χ1) is 11.2. The Kier molecular flexibility index (Phi) is 5.75. The summed E-state index contributed by atoms with van der Waals surface area (Å²) in [5, 5.41) is 0. The monoisotopic (exact) mass is 330 g/mol. The largest absolute Gasteiger partial charge is 0.334 e. The normalized spacial score (nSPS) is 16.8. The van der Waals surface area contributed by atoms with Crippen LogP contribution in [-0.4, -0.2) is 58.3 Å². The first-order valence-corrected chi connectivity index (χ1v) is 9.52. The van der Waals surface area contributed by atoms with E-state index in [1.54, 1.807) is 11.8 Å². The molecule has 4 nitrogen and oxygen atoms in total. The average molecular weight is 331 g/mol. The molecular formula is C18H26N4S. The molecule has 0 spiro atoms. The van der Waals surface area contributed by atoms with Gasteiger partial charge in [-0.1, -0.05) is 12.1 Å². The van der Waals surface area contributed by atoms with Gasteiger partial charge < -0.3 is 4.57 Å². The molecule has 1 aliphatic heterocycles. The molecule has 0 radical (unpaired) electrons. The van der Waals surface area contributed by atoms with Crippen LogP contribution >= 0.6 is 11.8 Å². The summed E-state index contributed by atoms with van der Waals surface area (Å²) < 4.78 is 2.24. The van der Waals surface area contributed by atoms with Crippen LogP contribution in [0.2, 0.25) is 0 Å². The Morgan fingerprint density at radius 3 is 2.30 bits per heavy atom. The van der Waals surface area contributed by atoms with Crippen LogP contribution in [0, 0.1) is 6.92 Å². The zero-order valence-corrected chi connectivity index (χ0v) is 14.9. The number of aryl methyl sites for hydroxylation is 1. The quantitative estimate of drug-likeness (QED) is 0.760. The molecule has 0 unspecified atom stereocenters. The van der Waals surface area contributed by atoms with Gasteiger partial charge >= 0.3 is 0 Å². The Labute approximate surface area is 143 Å². The Hall–Kier alpha value is -1.30. The molecule has 0 bridgehead atoms. The molecular weight excluding hydrogens is 304 g/mol. The van der Waals surface area contributed by atoms with Gasteiger partial charge in [-0.25, -0.2) is 4.98 Å². The van der Waals surface area contributed by atoms with Crippen LogP contribution in [-0.2, 0) is 13.1 Å². The van der Waals surface area contributed by atoms with E-state index in [-0.39, 0.29) is 0 Å². The number of hydrogen-bond donors (Lipinski definition) is 0. The van der Waals surface area contributed by atoms with Gasteiger partial charge in [0.2, 0.25) is 0 Å². The van der Waals surface area contributed by atoms with Crippen molar-refractivity contribution in [3.63, 3.8) is 0 Å². The highest BCUT2D eigenvalue weighted by atomic mass is 32.2. The van der Waals surface area contributed by atoms with E-state index < -0.39 is 0 Å². The predicted molar refractivity (Wildman–Crippen MR) is 96.9 cm³/mol. The summed E-state index contributed by atoms with van der Waals surface area (Å²) in [7, 11) is 0. The summed E-state index contributed by atoms with van der Waals surface area (Å²) in [6.45, 7) is 9.95.